The van der Waals surface area contributed by atoms with Crippen molar-refractivity contribution in [3.8, 4) is 11.8 Å². The third kappa shape index (κ3) is 3.57. The quantitative estimate of drug-likeness (QED) is 0.588. The summed E-state index contributed by atoms with van der Waals surface area (Å²) in [6.07, 6.45) is 0.622. The Bertz CT molecular complexity index is 839. The third-order valence-electron chi connectivity index (χ3n) is 3.33. The molecule has 3 rings (SSSR count). The Kier molecular flexibility index (Phi) is 5.30. The van der Waals surface area contributed by atoms with Crippen LogP contribution < -0.4 is 11.1 Å². The average molecular weight is 364 g/mol. The van der Waals surface area contributed by atoms with E-state index in [4.69, 9.17) is 5.73 Å². The van der Waals surface area contributed by atoms with Gasteiger partial charge in [0.05, 0.1) is 23.4 Å². The number of rotatable bonds is 6. The number of hydrogen-bond donors (Lipinski definition) is 3. The van der Waals surface area contributed by atoms with E-state index in [2.05, 4.69) is 39.0 Å². The SMILES string of the molecule is CC#Cc1c(C[C@@H](N)CO)sc2c(NCc3cccs3)snc12. The van der Waals surface area contributed by atoms with Crippen molar-refractivity contribution in [1.29, 1.82) is 0 Å². The van der Waals surface area contributed by atoms with Crippen molar-refractivity contribution in [1.82, 2.24) is 4.37 Å². The lowest BCUT2D eigenvalue weighted by molar-refractivity contribution is 0.265. The molecule has 0 spiro atoms. The summed E-state index contributed by atoms with van der Waals surface area (Å²) >= 11 is 4.88. The summed E-state index contributed by atoms with van der Waals surface area (Å²) in [4.78, 5) is 2.39. The van der Waals surface area contributed by atoms with Gasteiger partial charge >= 0.3 is 0 Å². The third-order valence-corrected chi connectivity index (χ3v) is 6.36. The van der Waals surface area contributed by atoms with Gasteiger partial charge < -0.3 is 16.2 Å². The van der Waals surface area contributed by atoms with Crippen molar-refractivity contribution in [2.24, 2.45) is 5.73 Å². The predicted octanol–water partition coefficient (Wildman–Crippen LogP) is 3.26. The minimum Gasteiger partial charge on any atom is -0.395 e. The first-order chi connectivity index (χ1) is 11.2. The molecule has 0 bridgehead atoms. The van der Waals surface area contributed by atoms with Gasteiger partial charge in [-0.2, -0.15) is 4.37 Å². The Labute approximate surface area is 147 Å². The van der Waals surface area contributed by atoms with Gasteiger partial charge in [-0.3, -0.25) is 0 Å². The number of nitrogens with one attached hydrogen (secondary N) is 1. The smallest absolute Gasteiger partial charge is 0.127 e. The Morgan fingerprint density at radius 1 is 1.48 bits per heavy atom. The minimum atomic E-state index is -0.263. The zero-order chi connectivity index (χ0) is 16.2. The van der Waals surface area contributed by atoms with Gasteiger partial charge in [0.1, 0.15) is 10.5 Å². The van der Waals surface area contributed by atoms with Gasteiger partial charge in [-0.05, 0) is 29.9 Å². The van der Waals surface area contributed by atoms with Crippen LogP contribution in [0.15, 0.2) is 17.5 Å². The molecule has 0 amide bonds. The molecular weight excluding hydrogens is 346 g/mol. The molecular formula is C16H17N3OS3. The van der Waals surface area contributed by atoms with Crippen molar-refractivity contribution in [3.63, 3.8) is 0 Å². The van der Waals surface area contributed by atoms with Gasteiger partial charge in [-0.1, -0.05) is 12.0 Å². The monoisotopic (exact) mass is 363 g/mol. The van der Waals surface area contributed by atoms with Crippen LogP contribution in [0.1, 0.15) is 22.2 Å². The van der Waals surface area contributed by atoms with Gasteiger partial charge in [0, 0.05) is 22.2 Å². The van der Waals surface area contributed by atoms with E-state index in [1.165, 1.54) is 16.4 Å². The molecule has 0 aliphatic carbocycles. The molecule has 0 aromatic carbocycles. The van der Waals surface area contributed by atoms with E-state index in [0.717, 1.165) is 32.2 Å². The summed E-state index contributed by atoms with van der Waals surface area (Å²) in [7, 11) is 0. The van der Waals surface area contributed by atoms with Gasteiger partial charge in [0.25, 0.3) is 0 Å². The second-order valence-electron chi connectivity index (χ2n) is 5.04. The molecule has 4 nitrogen and oxygen atoms in total. The standard InChI is InChI=1S/C16H17N3OS3/c1-2-4-12-13(7-10(17)9-20)22-15-14(12)19-23-16(15)18-8-11-5-3-6-21-11/h3,5-6,10,18,20H,7-9,17H2,1H3/t10-/m1/s1. The molecule has 0 saturated carbocycles. The van der Waals surface area contributed by atoms with E-state index in [1.807, 2.05) is 6.92 Å². The maximum absolute atomic E-state index is 9.21. The highest BCUT2D eigenvalue weighted by atomic mass is 32.1. The molecule has 0 aliphatic heterocycles. The van der Waals surface area contributed by atoms with Crippen molar-refractivity contribution in [2.45, 2.75) is 25.9 Å². The zero-order valence-corrected chi connectivity index (χ0v) is 15.1. The van der Waals surface area contributed by atoms with Gasteiger partial charge in [-0.25, -0.2) is 0 Å². The first-order valence-corrected chi connectivity index (χ1v) is 9.66. The number of hydrogen-bond acceptors (Lipinski definition) is 7. The summed E-state index contributed by atoms with van der Waals surface area (Å²) in [6, 6.07) is 3.91. The number of nitrogens with zero attached hydrogens (tertiary/aromatic N) is 1. The lowest BCUT2D eigenvalue weighted by Crippen LogP contribution is -2.26. The fourth-order valence-electron chi connectivity index (χ4n) is 2.24. The van der Waals surface area contributed by atoms with E-state index in [1.54, 1.807) is 22.7 Å². The molecule has 3 heterocycles. The number of aliphatic hydroxyl groups is 1. The number of aliphatic hydroxyl groups excluding tert-OH is 1. The Morgan fingerprint density at radius 2 is 2.35 bits per heavy atom. The number of aromatic nitrogens is 1. The van der Waals surface area contributed by atoms with Crippen molar-refractivity contribution in [3.05, 3.63) is 32.8 Å². The first-order valence-electron chi connectivity index (χ1n) is 7.19. The molecule has 3 aromatic heterocycles. The molecule has 0 radical (unpaired) electrons. The fourth-order valence-corrected chi connectivity index (χ4v) is 5.06. The van der Waals surface area contributed by atoms with E-state index < -0.39 is 0 Å². The summed E-state index contributed by atoms with van der Waals surface area (Å²) in [5.74, 6) is 6.11. The van der Waals surface area contributed by atoms with Crippen LogP contribution in [0.4, 0.5) is 5.00 Å². The van der Waals surface area contributed by atoms with Gasteiger partial charge in [0.2, 0.25) is 0 Å². The molecule has 3 aromatic rings. The molecule has 1 atom stereocenters. The summed E-state index contributed by atoms with van der Waals surface area (Å²) in [5, 5.41) is 15.8. The van der Waals surface area contributed by atoms with Gasteiger partial charge in [0.15, 0.2) is 0 Å². The molecule has 4 N–H and O–H groups in total. The summed E-state index contributed by atoms with van der Waals surface area (Å²) < 4.78 is 5.71. The summed E-state index contributed by atoms with van der Waals surface area (Å²) in [5.41, 5.74) is 7.80. The zero-order valence-electron chi connectivity index (χ0n) is 12.6. The summed E-state index contributed by atoms with van der Waals surface area (Å²) in [6.45, 7) is 2.59. The van der Waals surface area contributed by atoms with E-state index in [-0.39, 0.29) is 12.6 Å². The van der Waals surface area contributed by atoms with Crippen LogP contribution in [0.2, 0.25) is 0 Å². The van der Waals surface area contributed by atoms with Crippen LogP contribution in [0.5, 0.6) is 0 Å². The topological polar surface area (TPSA) is 71.2 Å². The number of anilines is 1. The van der Waals surface area contributed by atoms with Crippen molar-refractivity contribution >= 4 is 49.4 Å². The Morgan fingerprint density at radius 3 is 3.04 bits per heavy atom. The van der Waals surface area contributed by atoms with Crippen LogP contribution in [-0.4, -0.2) is 22.1 Å². The molecule has 0 fully saturated rings. The lowest BCUT2D eigenvalue weighted by Gasteiger charge is -2.06. The highest BCUT2D eigenvalue weighted by Gasteiger charge is 2.18. The van der Waals surface area contributed by atoms with Crippen LogP contribution in [0.25, 0.3) is 10.2 Å². The van der Waals surface area contributed by atoms with E-state index in [9.17, 15) is 5.11 Å². The highest BCUT2D eigenvalue weighted by Crippen LogP contribution is 2.39. The minimum absolute atomic E-state index is 0.0271. The van der Waals surface area contributed by atoms with Crippen molar-refractivity contribution < 1.29 is 5.11 Å². The van der Waals surface area contributed by atoms with Gasteiger partial charge in [-0.15, -0.1) is 28.6 Å². The fraction of sp³-hybridized carbons (Fsp3) is 0.312. The van der Waals surface area contributed by atoms with Crippen LogP contribution in [0, 0.1) is 11.8 Å². The maximum Gasteiger partial charge on any atom is 0.127 e. The molecule has 7 heteroatoms. The number of nitrogens with two attached hydrogens (primary N) is 1. The maximum atomic E-state index is 9.21. The number of thiophene rings is 2. The molecule has 120 valence electrons. The van der Waals surface area contributed by atoms with Crippen LogP contribution in [-0.2, 0) is 13.0 Å². The molecule has 0 unspecified atom stereocenters. The van der Waals surface area contributed by atoms with E-state index in [0.29, 0.717) is 6.42 Å². The van der Waals surface area contributed by atoms with Crippen molar-refractivity contribution in [2.75, 3.05) is 11.9 Å². The van der Waals surface area contributed by atoms with E-state index >= 15 is 0 Å². The highest BCUT2D eigenvalue weighted by molar-refractivity contribution is 7.24. The predicted molar refractivity (Wildman–Crippen MR) is 100 cm³/mol. The average Bonchev–Trinajstić information content (AvgIpc) is 3.25. The number of fused-ring (bicyclic) bond motifs is 1. The van der Waals surface area contributed by atoms with Crippen LogP contribution >= 0.6 is 34.2 Å². The molecule has 0 aliphatic rings. The Balaban J connectivity index is 1.91. The molecule has 0 saturated heterocycles. The Hall–Kier alpha value is -1.43. The first kappa shape index (κ1) is 16.4. The second kappa shape index (κ2) is 7.43. The molecule has 23 heavy (non-hydrogen) atoms. The normalized spacial score (nSPS) is 12.1. The largest absolute Gasteiger partial charge is 0.395 e. The lowest BCUT2D eigenvalue weighted by atomic mass is 10.1. The van der Waals surface area contributed by atoms with Crippen LogP contribution in [0.3, 0.4) is 0 Å². The second-order valence-corrected chi connectivity index (χ2v) is 7.96.